The van der Waals surface area contributed by atoms with Gasteiger partial charge in [-0.25, -0.2) is 0 Å². The summed E-state index contributed by atoms with van der Waals surface area (Å²) in [4.78, 5) is 0. The van der Waals surface area contributed by atoms with Crippen LogP contribution in [0.25, 0.3) is 11.0 Å². The minimum absolute atomic E-state index is 0.129. The molecule has 2 aromatic carbocycles. The van der Waals surface area contributed by atoms with Crippen molar-refractivity contribution in [2.75, 3.05) is 5.32 Å². The number of hydrogen-bond donors (Lipinski definition) is 1. The van der Waals surface area contributed by atoms with Crippen molar-refractivity contribution in [1.82, 2.24) is 7.96 Å². The van der Waals surface area contributed by atoms with Gasteiger partial charge in [0.2, 0.25) is 0 Å². The quantitative estimate of drug-likeness (QED) is 0.732. The van der Waals surface area contributed by atoms with E-state index in [9.17, 15) is 13.2 Å². The van der Waals surface area contributed by atoms with Crippen LogP contribution in [0, 0.1) is 0 Å². The minimum atomic E-state index is -4.32. The van der Waals surface area contributed by atoms with Gasteiger partial charge in [0.25, 0.3) is 0 Å². The van der Waals surface area contributed by atoms with Gasteiger partial charge >= 0.3 is 124 Å². The standard InChI is InChI=1S/C14H10F3N3Se/c15-14(16,17)10-4-1-3-9(7-10)8-18-11-5-2-6-12-13(11)20-21-19-12/h1-7,18H,8H2. The molecular weight excluding hydrogens is 346 g/mol. The molecule has 1 N–H and O–H groups in total. The molecule has 3 aromatic rings. The van der Waals surface area contributed by atoms with E-state index in [1.165, 1.54) is 6.07 Å². The maximum absolute atomic E-state index is 12.7. The van der Waals surface area contributed by atoms with E-state index in [0.717, 1.165) is 28.9 Å². The summed E-state index contributed by atoms with van der Waals surface area (Å²) in [6.45, 7) is 0.308. The van der Waals surface area contributed by atoms with E-state index in [0.29, 0.717) is 12.1 Å². The Morgan fingerprint density at radius 1 is 1.05 bits per heavy atom. The van der Waals surface area contributed by atoms with Crippen molar-refractivity contribution >= 4 is 31.7 Å². The Kier molecular flexibility index (Phi) is 3.69. The van der Waals surface area contributed by atoms with E-state index in [2.05, 4.69) is 13.3 Å². The molecule has 108 valence electrons. The maximum atomic E-state index is 12.7. The van der Waals surface area contributed by atoms with Crippen molar-refractivity contribution in [1.29, 1.82) is 0 Å². The van der Waals surface area contributed by atoms with Crippen LogP contribution in [0.3, 0.4) is 0 Å². The Morgan fingerprint density at radius 2 is 1.86 bits per heavy atom. The first kappa shape index (κ1) is 14.1. The van der Waals surface area contributed by atoms with Crippen molar-refractivity contribution in [3.05, 3.63) is 53.6 Å². The summed E-state index contributed by atoms with van der Waals surface area (Å²) in [6.07, 6.45) is -4.32. The van der Waals surface area contributed by atoms with E-state index in [1.807, 2.05) is 18.2 Å². The van der Waals surface area contributed by atoms with Gasteiger partial charge < -0.3 is 0 Å². The van der Waals surface area contributed by atoms with Crippen LogP contribution in [0.2, 0.25) is 0 Å². The Morgan fingerprint density at radius 3 is 2.67 bits per heavy atom. The molecule has 21 heavy (non-hydrogen) atoms. The molecule has 0 spiro atoms. The fraction of sp³-hybridized carbons (Fsp3) is 0.143. The number of nitrogens with zero attached hydrogens (tertiary/aromatic N) is 2. The van der Waals surface area contributed by atoms with Crippen LogP contribution in [0.4, 0.5) is 18.9 Å². The molecule has 0 unspecified atom stereocenters. The molecule has 0 bridgehead atoms. The molecule has 0 fully saturated rings. The Balaban J connectivity index is 1.80. The van der Waals surface area contributed by atoms with Gasteiger partial charge in [-0.1, -0.05) is 0 Å². The van der Waals surface area contributed by atoms with Crippen molar-refractivity contribution in [2.24, 2.45) is 0 Å². The van der Waals surface area contributed by atoms with Crippen LogP contribution >= 0.6 is 0 Å². The molecule has 0 radical (unpaired) electrons. The van der Waals surface area contributed by atoms with Gasteiger partial charge in [-0.3, -0.25) is 0 Å². The molecule has 3 nitrogen and oxygen atoms in total. The topological polar surface area (TPSA) is 37.8 Å². The molecule has 0 atom stereocenters. The fourth-order valence-corrected chi connectivity index (χ4v) is 3.16. The Hall–Kier alpha value is -1.85. The zero-order valence-electron chi connectivity index (χ0n) is 10.7. The third-order valence-corrected chi connectivity index (χ3v) is 4.16. The normalized spacial score (nSPS) is 11.8. The van der Waals surface area contributed by atoms with Crippen molar-refractivity contribution < 1.29 is 13.2 Å². The van der Waals surface area contributed by atoms with E-state index in [1.54, 1.807) is 6.07 Å². The number of benzene rings is 2. The molecular formula is C14H10F3N3Se. The molecule has 1 heterocycles. The van der Waals surface area contributed by atoms with E-state index in [-0.39, 0.29) is 15.0 Å². The first-order valence-electron chi connectivity index (χ1n) is 6.15. The fourth-order valence-electron chi connectivity index (χ4n) is 2.00. The molecule has 7 heteroatoms. The van der Waals surface area contributed by atoms with Gasteiger partial charge in [0.15, 0.2) is 0 Å². The van der Waals surface area contributed by atoms with Gasteiger partial charge in [-0.05, 0) is 0 Å². The van der Waals surface area contributed by atoms with Crippen LogP contribution in [0.15, 0.2) is 42.5 Å². The van der Waals surface area contributed by atoms with Gasteiger partial charge in [0.05, 0.1) is 0 Å². The molecule has 0 saturated carbocycles. The summed E-state index contributed by atoms with van der Waals surface area (Å²) >= 11 is -0.129. The summed E-state index contributed by atoms with van der Waals surface area (Å²) in [5.41, 5.74) is 2.37. The molecule has 0 aliphatic carbocycles. The number of aromatic nitrogens is 2. The SMILES string of the molecule is FC(F)(F)c1cccc(CNc2cccc3n[se]nc23)c1. The number of nitrogens with one attached hydrogen (secondary N) is 1. The number of rotatable bonds is 3. The zero-order valence-corrected chi connectivity index (χ0v) is 12.4. The van der Waals surface area contributed by atoms with Crippen LogP contribution in [0.5, 0.6) is 0 Å². The first-order valence-corrected chi connectivity index (χ1v) is 7.68. The number of halogens is 3. The van der Waals surface area contributed by atoms with E-state index in [4.69, 9.17) is 0 Å². The number of anilines is 1. The van der Waals surface area contributed by atoms with E-state index < -0.39 is 11.7 Å². The number of alkyl halides is 3. The van der Waals surface area contributed by atoms with Gasteiger partial charge in [0, 0.05) is 0 Å². The molecule has 0 aliphatic heterocycles. The first-order chi connectivity index (χ1) is 10.0. The van der Waals surface area contributed by atoms with Crippen molar-refractivity contribution in [3.63, 3.8) is 0 Å². The van der Waals surface area contributed by atoms with Gasteiger partial charge in [0.1, 0.15) is 0 Å². The second-order valence-electron chi connectivity index (χ2n) is 4.49. The number of fused-ring (bicyclic) bond motifs is 1. The number of hydrogen-bond acceptors (Lipinski definition) is 3. The van der Waals surface area contributed by atoms with Crippen LogP contribution < -0.4 is 5.32 Å². The zero-order chi connectivity index (χ0) is 14.9. The van der Waals surface area contributed by atoms with Crippen LogP contribution in [-0.4, -0.2) is 22.9 Å². The van der Waals surface area contributed by atoms with E-state index >= 15 is 0 Å². The third-order valence-electron chi connectivity index (χ3n) is 3.02. The summed E-state index contributed by atoms with van der Waals surface area (Å²) in [5.74, 6) is 0. The molecule has 1 aromatic heterocycles. The molecule has 3 rings (SSSR count). The predicted molar refractivity (Wildman–Crippen MR) is 75.2 cm³/mol. The van der Waals surface area contributed by atoms with Gasteiger partial charge in [-0.15, -0.1) is 0 Å². The van der Waals surface area contributed by atoms with Gasteiger partial charge in [-0.2, -0.15) is 0 Å². The molecule has 0 saturated heterocycles. The average molecular weight is 356 g/mol. The summed E-state index contributed by atoms with van der Waals surface area (Å²) < 4.78 is 46.6. The summed E-state index contributed by atoms with van der Waals surface area (Å²) in [7, 11) is 0. The average Bonchev–Trinajstić information content (AvgIpc) is 2.93. The predicted octanol–water partition coefficient (Wildman–Crippen LogP) is 3.32. The summed E-state index contributed by atoms with van der Waals surface area (Å²) in [5, 5.41) is 3.13. The molecule has 0 amide bonds. The molecule has 0 aliphatic rings. The Bertz CT molecular complexity index is 767. The summed E-state index contributed by atoms with van der Waals surface area (Å²) in [6, 6.07) is 10.9. The third kappa shape index (κ3) is 3.09. The van der Waals surface area contributed by atoms with Crippen molar-refractivity contribution in [2.45, 2.75) is 12.7 Å². The van der Waals surface area contributed by atoms with Crippen LogP contribution in [0.1, 0.15) is 11.1 Å². The van der Waals surface area contributed by atoms with Crippen molar-refractivity contribution in [3.8, 4) is 0 Å². The second-order valence-corrected chi connectivity index (χ2v) is 5.60. The monoisotopic (exact) mass is 357 g/mol. The second kappa shape index (κ2) is 5.50. The Labute approximate surface area is 125 Å². The van der Waals surface area contributed by atoms with Crippen LogP contribution in [-0.2, 0) is 12.7 Å².